The topological polar surface area (TPSA) is 45.7 Å². The van der Waals surface area contributed by atoms with Crippen LogP contribution in [0.4, 0.5) is 5.69 Å². The fraction of sp³-hybridized carbons (Fsp3) is 0.429. The van der Waals surface area contributed by atoms with Crippen molar-refractivity contribution >= 4 is 11.6 Å². The van der Waals surface area contributed by atoms with Crippen molar-refractivity contribution in [1.29, 1.82) is 0 Å². The normalized spacial score (nSPS) is 15.8. The minimum absolute atomic E-state index is 0.0273. The molecule has 138 valence electrons. The summed E-state index contributed by atoms with van der Waals surface area (Å²) in [7, 11) is 1.57. The summed E-state index contributed by atoms with van der Waals surface area (Å²) in [5.41, 5.74) is 3.25. The molecule has 3 rings (SSSR count). The lowest BCUT2D eigenvalue weighted by molar-refractivity contribution is -0.122. The molecule has 5 heteroatoms. The summed E-state index contributed by atoms with van der Waals surface area (Å²) in [6, 6.07) is 14.4. The molecule has 26 heavy (non-hydrogen) atoms. The molecule has 1 saturated heterocycles. The number of piperidine rings is 1. The highest BCUT2D eigenvalue weighted by Gasteiger charge is 2.29. The summed E-state index contributed by atoms with van der Waals surface area (Å²) in [6.07, 6.45) is 3.75. The summed E-state index contributed by atoms with van der Waals surface area (Å²) in [5.74, 6) is 0.0273. The van der Waals surface area contributed by atoms with Gasteiger partial charge in [-0.1, -0.05) is 23.8 Å². The molecule has 1 aromatic heterocycles. The number of rotatable bonds is 6. The van der Waals surface area contributed by atoms with E-state index in [0.29, 0.717) is 0 Å². The summed E-state index contributed by atoms with van der Waals surface area (Å²) >= 11 is 0. The Morgan fingerprint density at radius 3 is 2.54 bits per heavy atom. The van der Waals surface area contributed by atoms with E-state index < -0.39 is 0 Å². The Balaban J connectivity index is 1.66. The highest BCUT2D eigenvalue weighted by Crippen LogP contribution is 2.25. The maximum Gasteiger partial charge on any atom is 0.253 e. The van der Waals surface area contributed by atoms with Crippen molar-refractivity contribution in [2.45, 2.75) is 32.4 Å². The molecule has 0 spiro atoms. The van der Waals surface area contributed by atoms with Crippen LogP contribution in [0.3, 0.4) is 0 Å². The third-order valence-electron chi connectivity index (χ3n) is 4.88. The molecule has 5 nitrogen and oxygen atoms in total. The van der Waals surface area contributed by atoms with Gasteiger partial charge in [-0.05, 0) is 44.0 Å². The van der Waals surface area contributed by atoms with Crippen LogP contribution in [-0.4, -0.2) is 48.6 Å². The van der Waals surface area contributed by atoms with E-state index in [4.69, 9.17) is 4.74 Å². The van der Waals surface area contributed by atoms with Gasteiger partial charge in [0.15, 0.2) is 0 Å². The van der Waals surface area contributed by atoms with Crippen molar-refractivity contribution in [3.8, 4) is 0 Å². The summed E-state index contributed by atoms with van der Waals surface area (Å²) in [4.78, 5) is 21.4. The molecule has 1 amide bonds. The smallest absolute Gasteiger partial charge is 0.253 e. The number of likely N-dealkylation sites (tertiary alicyclic amines) is 1. The highest BCUT2D eigenvalue weighted by atomic mass is 16.5. The third-order valence-corrected chi connectivity index (χ3v) is 4.88. The van der Waals surface area contributed by atoms with E-state index in [1.54, 1.807) is 7.11 Å². The van der Waals surface area contributed by atoms with E-state index in [1.807, 2.05) is 35.4 Å². The molecule has 0 bridgehead atoms. The molecule has 0 unspecified atom stereocenters. The van der Waals surface area contributed by atoms with Gasteiger partial charge in [-0.3, -0.25) is 14.7 Å². The number of hydrogen-bond donors (Lipinski definition) is 0. The average molecular weight is 353 g/mol. The first-order chi connectivity index (χ1) is 12.7. The number of ether oxygens (including phenoxy) is 1. The van der Waals surface area contributed by atoms with Gasteiger partial charge in [-0.15, -0.1) is 0 Å². The van der Waals surface area contributed by atoms with Crippen LogP contribution in [-0.2, 0) is 16.1 Å². The lowest BCUT2D eigenvalue weighted by atomic mass is 10.0. The van der Waals surface area contributed by atoms with E-state index in [0.717, 1.165) is 43.9 Å². The number of methoxy groups -OCH3 is 1. The van der Waals surface area contributed by atoms with Gasteiger partial charge in [0.2, 0.25) is 0 Å². The van der Waals surface area contributed by atoms with Gasteiger partial charge in [-0.25, -0.2) is 0 Å². The van der Waals surface area contributed by atoms with Crippen molar-refractivity contribution in [2.24, 2.45) is 0 Å². The minimum atomic E-state index is 0.0273. The molecule has 2 heterocycles. The minimum Gasteiger partial charge on any atom is -0.375 e. The quantitative estimate of drug-likeness (QED) is 0.801. The first kappa shape index (κ1) is 18.5. The number of aromatic nitrogens is 1. The predicted octanol–water partition coefficient (Wildman–Crippen LogP) is 3.03. The molecule has 1 aliphatic rings. The van der Waals surface area contributed by atoms with Crippen molar-refractivity contribution in [3.05, 3.63) is 59.9 Å². The van der Waals surface area contributed by atoms with Crippen molar-refractivity contribution in [2.75, 3.05) is 31.7 Å². The largest absolute Gasteiger partial charge is 0.375 e. The molecule has 1 aromatic carbocycles. The van der Waals surface area contributed by atoms with Crippen molar-refractivity contribution < 1.29 is 9.53 Å². The zero-order chi connectivity index (χ0) is 18.4. The Bertz CT molecular complexity index is 695. The Hall–Kier alpha value is -2.24. The van der Waals surface area contributed by atoms with Gasteiger partial charge < -0.3 is 9.64 Å². The Morgan fingerprint density at radius 1 is 1.19 bits per heavy atom. The molecule has 2 aromatic rings. The number of pyridine rings is 1. The van der Waals surface area contributed by atoms with Crippen LogP contribution in [0.15, 0.2) is 48.7 Å². The fourth-order valence-corrected chi connectivity index (χ4v) is 3.51. The Kier molecular flexibility index (Phi) is 6.36. The zero-order valence-electron chi connectivity index (χ0n) is 15.6. The van der Waals surface area contributed by atoms with E-state index in [-0.39, 0.29) is 18.6 Å². The molecule has 0 aliphatic carbocycles. The summed E-state index contributed by atoms with van der Waals surface area (Å²) in [6.45, 7) is 4.96. The van der Waals surface area contributed by atoms with Crippen molar-refractivity contribution in [3.63, 3.8) is 0 Å². The monoisotopic (exact) mass is 353 g/mol. The van der Waals surface area contributed by atoms with Gasteiger partial charge in [0, 0.05) is 44.7 Å². The van der Waals surface area contributed by atoms with Crippen LogP contribution >= 0.6 is 0 Å². The number of carbonyl (C=O) groups is 1. The zero-order valence-corrected chi connectivity index (χ0v) is 15.6. The van der Waals surface area contributed by atoms with Gasteiger partial charge in [0.25, 0.3) is 5.91 Å². The maximum absolute atomic E-state index is 12.7. The van der Waals surface area contributed by atoms with Crippen molar-refractivity contribution in [1.82, 2.24) is 9.88 Å². The van der Waals surface area contributed by atoms with Gasteiger partial charge >= 0.3 is 0 Å². The standard InChI is InChI=1S/C21H27N3O2/c1-17-6-8-19(9-7-17)24(21(25)16-26-2)20-10-13-23(14-11-20)15-18-5-3-4-12-22-18/h3-9,12,20H,10-11,13-16H2,1-2H3. The second-order valence-corrected chi connectivity index (χ2v) is 6.86. The molecule has 1 fully saturated rings. The second-order valence-electron chi connectivity index (χ2n) is 6.86. The first-order valence-electron chi connectivity index (χ1n) is 9.17. The highest BCUT2D eigenvalue weighted by molar-refractivity contribution is 5.94. The molecular formula is C21H27N3O2. The summed E-state index contributed by atoms with van der Waals surface area (Å²) in [5, 5.41) is 0. The number of carbonyl (C=O) groups excluding carboxylic acids is 1. The number of benzene rings is 1. The SMILES string of the molecule is COCC(=O)N(c1ccc(C)cc1)C1CCN(Cc2ccccn2)CC1. The summed E-state index contributed by atoms with van der Waals surface area (Å²) < 4.78 is 5.11. The van der Waals surface area contributed by atoms with Crippen LogP contribution in [0.2, 0.25) is 0 Å². The van der Waals surface area contributed by atoms with Gasteiger partial charge in [-0.2, -0.15) is 0 Å². The van der Waals surface area contributed by atoms with E-state index in [1.165, 1.54) is 5.56 Å². The number of anilines is 1. The first-order valence-corrected chi connectivity index (χ1v) is 9.17. The average Bonchev–Trinajstić information content (AvgIpc) is 2.66. The number of amides is 1. The molecule has 0 radical (unpaired) electrons. The molecular weight excluding hydrogens is 326 g/mol. The number of aryl methyl sites for hydroxylation is 1. The van der Waals surface area contributed by atoms with Crippen LogP contribution in [0.5, 0.6) is 0 Å². The van der Waals surface area contributed by atoms with E-state index in [9.17, 15) is 4.79 Å². The number of hydrogen-bond acceptors (Lipinski definition) is 4. The molecule has 0 saturated carbocycles. The molecule has 1 aliphatic heterocycles. The van der Waals surface area contributed by atoms with E-state index >= 15 is 0 Å². The third kappa shape index (κ3) is 4.68. The van der Waals surface area contributed by atoms with Crippen LogP contribution in [0.25, 0.3) is 0 Å². The Labute approximate surface area is 155 Å². The molecule has 0 N–H and O–H groups in total. The van der Waals surface area contributed by atoms with Gasteiger partial charge in [0.05, 0.1) is 5.69 Å². The van der Waals surface area contributed by atoms with Gasteiger partial charge in [0.1, 0.15) is 6.61 Å². The van der Waals surface area contributed by atoms with Crippen LogP contribution in [0.1, 0.15) is 24.1 Å². The van der Waals surface area contributed by atoms with Crippen LogP contribution in [0, 0.1) is 6.92 Å². The maximum atomic E-state index is 12.7. The lowest BCUT2D eigenvalue weighted by Crippen LogP contribution is -2.48. The molecule has 0 atom stereocenters. The lowest BCUT2D eigenvalue weighted by Gasteiger charge is -2.38. The van der Waals surface area contributed by atoms with Crippen LogP contribution < -0.4 is 4.90 Å². The van der Waals surface area contributed by atoms with E-state index in [2.05, 4.69) is 35.0 Å². The Morgan fingerprint density at radius 2 is 1.92 bits per heavy atom. The predicted molar refractivity (Wildman–Crippen MR) is 103 cm³/mol. The second kappa shape index (κ2) is 8.92. The number of nitrogens with zero attached hydrogens (tertiary/aromatic N) is 3. The fourth-order valence-electron chi connectivity index (χ4n) is 3.51.